The lowest BCUT2D eigenvalue weighted by atomic mass is 9.72. The van der Waals surface area contributed by atoms with Crippen LogP contribution in [0, 0.1) is 11.3 Å². The molecular formula is C10H19NO2. The van der Waals surface area contributed by atoms with Crippen molar-refractivity contribution in [2.45, 2.75) is 33.1 Å². The Morgan fingerprint density at radius 3 is 2.77 bits per heavy atom. The second-order valence-corrected chi connectivity index (χ2v) is 3.99. The summed E-state index contributed by atoms with van der Waals surface area (Å²) in [6.45, 7) is 5.73. The molecule has 0 saturated carbocycles. The molecular weight excluding hydrogens is 166 g/mol. The van der Waals surface area contributed by atoms with E-state index in [1.165, 1.54) is 0 Å². The van der Waals surface area contributed by atoms with Gasteiger partial charge in [-0.15, -0.1) is 0 Å². The van der Waals surface area contributed by atoms with Gasteiger partial charge in [0.1, 0.15) is 0 Å². The minimum absolute atomic E-state index is 0.0145. The number of hydrogen-bond acceptors (Lipinski definition) is 2. The van der Waals surface area contributed by atoms with Crippen LogP contribution in [0.2, 0.25) is 0 Å². The summed E-state index contributed by atoms with van der Waals surface area (Å²) in [5.41, 5.74) is 0.0145. The molecule has 3 heteroatoms. The monoisotopic (exact) mass is 185 g/mol. The molecule has 0 amide bonds. The third-order valence-corrected chi connectivity index (χ3v) is 3.31. The fourth-order valence-corrected chi connectivity index (χ4v) is 2.46. The highest BCUT2D eigenvalue weighted by molar-refractivity contribution is 5.72. The van der Waals surface area contributed by atoms with E-state index in [1.54, 1.807) is 0 Å². The van der Waals surface area contributed by atoms with Gasteiger partial charge < -0.3 is 10.4 Å². The molecule has 13 heavy (non-hydrogen) atoms. The van der Waals surface area contributed by atoms with Crippen LogP contribution in [-0.4, -0.2) is 24.2 Å². The Morgan fingerprint density at radius 2 is 2.31 bits per heavy atom. The highest BCUT2D eigenvalue weighted by atomic mass is 16.4. The first-order valence-corrected chi connectivity index (χ1v) is 5.10. The maximum absolute atomic E-state index is 11.0. The lowest BCUT2D eigenvalue weighted by Gasteiger charge is -2.30. The predicted octanol–water partition coefficient (Wildman–Crippen LogP) is 1.49. The van der Waals surface area contributed by atoms with Crippen LogP contribution in [0.1, 0.15) is 33.1 Å². The second-order valence-electron chi connectivity index (χ2n) is 3.99. The Kier molecular flexibility index (Phi) is 3.31. The molecule has 0 bridgehead atoms. The Bertz CT molecular complexity index is 193. The van der Waals surface area contributed by atoms with Gasteiger partial charge in [0, 0.05) is 13.1 Å². The van der Waals surface area contributed by atoms with Crippen molar-refractivity contribution >= 4 is 5.97 Å². The number of carboxylic acid groups (broad SMARTS) is 1. The molecule has 0 radical (unpaired) electrons. The molecule has 1 aliphatic rings. The van der Waals surface area contributed by atoms with Crippen LogP contribution in [0.25, 0.3) is 0 Å². The minimum atomic E-state index is -0.639. The second kappa shape index (κ2) is 4.09. The molecule has 76 valence electrons. The molecule has 3 nitrogen and oxygen atoms in total. The van der Waals surface area contributed by atoms with Gasteiger partial charge in [-0.05, 0) is 18.3 Å². The summed E-state index contributed by atoms with van der Waals surface area (Å²) in [5, 5.41) is 12.3. The van der Waals surface area contributed by atoms with Crippen molar-refractivity contribution in [3.05, 3.63) is 0 Å². The predicted molar refractivity (Wildman–Crippen MR) is 51.6 cm³/mol. The molecule has 0 aromatic rings. The average Bonchev–Trinajstić information content (AvgIpc) is 2.50. The molecule has 2 unspecified atom stereocenters. The highest BCUT2D eigenvalue weighted by Crippen LogP contribution is 2.39. The van der Waals surface area contributed by atoms with Gasteiger partial charge in [0.25, 0.3) is 0 Å². The van der Waals surface area contributed by atoms with Crippen LogP contribution < -0.4 is 5.32 Å². The lowest BCUT2D eigenvalue weighted by Crippen LogP contribution is -2.34. The van der Waals surface area contributed by atoms with Gasteiger partial charge in [-0.25, -0.2) is 0 Å². The average molecular weight is 185 g/mol. The van der Waals surface area contributed by atoms with Crippen molar-refractivity contribution in [2.24, 2.45) is 11.3 Å². The zero-order valence-electron chi connectivity index (χ0n) is 8.47. The molecule has 1 aliphatic heterocycles. The molecule has 2 atom stereocenters. The van der Waals surface area contributed by atoms with Crippen molar-refractivity contribution in [3.8, 4) is 0 Å². The fourth-order valence-electron chi connectivity index (χ4n) is 2.46. The van der Waals surface area contributed by atoms with E-state index >= 15 is 0 Å². The van der Waals surface area contributed by atoms with Crippen LogP contribution in [0.3, 0.4) is 0 Å². The van der Waals surface area contributed by atoms with Crippen molar-refractivity contribution in [1.82, 2.24) is 5.32 Å². The van der Waals surface area contributed by atoms with Gasteiger partial charge in [-0.3, -0.25) is 4.79 Å². The number of nitrogens with one attached hydrogen (secondary N) is 1. The number of rotatable bonds is 4. The van der Waals surface area contributed by atoms with Gasteiger partial charge in [0.15, 0.2) is 0 Å². The topological polar surface area (TPSA) is 49.3 Å². The van der Waals surface area contributed by atoms with E-state index in [9.17, 15) is 4.79 Å². The summed E-state index contributed by atoms with van der Waals surface area (Å²) in [6, 6.07) is 0. The molecule has 1 fully saturated rings. The molecule has 0 spiro atoms. The SMILES string of the molecule is CCCC1(CC)CNCC1C(=O)O. The van der Waals surface area contributed by atoms with Crippen LogP contribution in [0.4, 0.5) is 0 Å². The van der Waals surface area contributed by atoms with Crippen molar-refractivity contribution in [1.29, 1.82) is 0 Å². The van der Waals surface area contributed by atoms with E-state index in [4.69, 9.17) is 5.11 Å². The third kappa shape index (κ3) is 1.85. The fraction of sp³-hybridized carbons (Fsp3) is 0.900. The first-order chi connectivity index (χ1) is 6.16. The summed E-state index contributed by atoms with van der Waals surface area (Å²) in [4.78, 5) is 11.0. The summed E-state index contributed by atoms with van der Waals surface area (Å²) in [6.07, 6.45) is 3.05. The van der Waals surface area contributed by atoms with E-state index in [-0.39, 0.29) is 11.3 Å². The molecule has 0 aromatic heterocycles. The van der Waals surface area contributed by atoms with E-state index in [2.05, 4.69) is 19.2 Å². The standard InChI is InChI=1S/C10H19NO2/c1-3-5-10(4-2)7-11-6-8(10)9(12)13/h8,11H,3-7H2,1-2H3,(H,12,13). The molecule has 0 aliphatic carbocycles. The van der Waals surface area contributed by atoms with Crippen molar-refractivity contribution < 1.29 is 9.90 Å². The van der Waals surface area contributed by atoms with Crippen molar-refractivity contribution in [3.63, 3.8) is 0 Å². The maximum Gasteiger partial charge on any atom is 0.308 e. The third-order valence-electron chi connectivity index (χ3n) is 3.31. The molecule has 0 aromatic carbocycles. The van der Waals surface area contributed by atoms with E-state index in [0.29, 0.717) is 6.54 Å². The smallest absolute Gasteiger partial charge is 0.308 e. The molecule has 1 heterocycles. The maximum atomic E-state index is 11.0. The Hall–Kier alpha value is -0.570. The van der Waals surface area contributed by atoms with Crippen LogP contribution in [0.5, 0.6) is 0 Å². The summed E-state index contributed by atoms with van der Waals surface area (Å²) >= 11 is 0. The highest BCUT2D eigenvalue weighted by Gasteiger charge is 2.44. The van der Waals surface area contributed by atoms with E-state index in [0.717, 1.165) is 25.8 Å². The quantitative estimate of drug-likeness (QED) is 0.697. The zero-order valence-corrected chi connectivity index (χ0v) is 8.47. The number of aliphatic carboxylic acids is 1. The van der Waals surface area contributed by atoms with E-state index in [1.807, 2.05) is 0 Å². The van der Waals surface area contributed by atoms with E-state index < -0.39 is 5.97 Å². The summed E-state index contributed by atoms with van der Waals surface area (Å²) < 4.78 is 0. The summed E-state index contributed by atoms with van der Waals surface area (Å²) in [5.74, 6) is -0.822. The Morgan fingerprint density at radius 1 is 1.62 bits per heavy atom. The molecule has 2 N–H and O–H groups in total. The number of carboxylic acids is 1. The number of carbonyl (C=O) groups is 1. The first kappa shape index (κ1) is 10.5. The molecule has 1 saturated heterocycles. The van der Waals surface area contributed by atoms with Crippen LogP contribution in [0.15, 0.2) is 0 Å². The van der Waals surface area contributed by atoms with Gasteiger partial charge in [-0.1, -0.05) is 20.3 Å². The van der Waals surface area contributed by atoms with Gasteiger partial charge in [-0.2, -0.15) is 0 Å². The normalized spacial score (nSPS) is 33.5. The Labute approximate surface area is 79.5 Å². The van der Waals surface area contributed by atoms with Gasteiger partial charge in [0.05, 0.1) is 5.92 Å². The zero-order chi connectivity index (χ0) is 9.90. The minimum Gasteiger partial charge on any atom is -0.481 e. The largest absolute Gasteiger partial charge is 0.481 e. The van der Waals surface area contributed by atoms with Crippen molar-refractivity contribution in [2.75, 3.05) is 13.1 Å². The number of hydrogen-bond donors (Lipinski definition) is 2. The van der Waals surface area contributed by atoms with Crippen LogP contribution >= 0.6 is 0 Å². The summed E-state index contributed by atoms with van der Waals surface area (Å²) in [7, 11) is 0. The lowest BCUT2D eigenvalue weighted by molar-refractivity contribution is -0.145. The Balaban J connectivity index is 2.76. The van der Waals surface area contributed by atoms with Gasteiger partial charge in [0.2, 0.25) is 0 Å². The van der Waals surface area contributed by atoms with Gasteiger partial charge >= 0.3 is 5.97 Å². The molecule has 1 rings (SSSR count). The first-order valence-electron chi connectivity index (χ1n) is 5.10. The van der Waals surface area contributed by atoms with Crippen LogP contribution in [-0.2, 0) is 4.79 Å².